The van der Waals surface area contributed by atoms with Gasteiger partial charge >= 0.3 is 5.97 Å². The van der Waals surface area contributed by atoms with Gasteiger partial charge in [-0.2, -0.15) is 0 Å². The van der Waals surface area contributed by atoms with Crippen molar-refractivity contribution in [1.29, 1.82) is 0 Å². The van der Waals surface area contributed by atoms with Crippen LogP contribution in [0.2, 0.25) is 0 Å². The summed E-state index contributed by atoms with van der Waals surface area (Å²) < 4.78 is 26.6. The number of fused-ring (bicyclic) bond motifs is 2. The van der Waals surface area contributed by atoms with Gasteiger partial charge in [-0.15, -0.1) is 0 Å². The molecule has 1 aliphatic rings. The molecular formula is C24H22FNO6. The molecule has 7 nitrogen and oxygen atoms in total. The molecule has 3 aromatic rings. The molecule has 2 N–H and O–H groups in total. The second-order valence-corrected chi connectivity index (χ2v) is 7.26. The van der Waals surface area contributed by atoms with Crippen LogP contribution in [0.4, 0.5) is 10.1 Å². The van der Waals surface area contributed by atoms with Crippen molar-refractivity contribution in [2.75, 3.05) is 18.1 Å². The summed E-state index contributed by atoms with van der Waals surface area (Å²) in [4.78, 5) is 25.4. The van der Waals surface area contributed by atoms with Gasteiger partial charge in [-0.3, -0.25) is 14.5 Å². The van der Waals surface area contributed by atoms with Gasteiger partial charge in [-0.05, 0) is 31.5 Å². The lowest BCUT2D eigenvalue weighted by Gasteiger charge is -2.22. The zero-order valence-electron chi connectivity index (χ0n) is 17.6. The van der Waals surface area contributed by atoms with Crippen molar-refractivity contribution in [3.63, 3.8) is 0 Å². The first-order chi connectivity index (χ1) is 15.4. The SMILES string of the molecule is CCOc1c2c(c(OCC)c3ccccc13)C(O)N(c1ccc(CC(=O)O)cc1F)C2=O. The predicted molar refractivity (Wildman–Crippen MR) is 116 cm³/mol. The summed E-state index contributed by atoms with van der Waals surface area (Å²) in [6.45, 7) is 4.15. The average Bonchev–Trinajstić information content (AvgIpc) is 3.01. The Balaban J connectivity index is 1.92. The van der Waals surface area contributed by atoms with E-state index in [1.807, 2.05) is 12.1 Å². The fraction of sp³-hybridized carbons (Fsp3) is 0.250. The maximum atomic E-state index is 14.9. The predicted octanol–water partition coefficient (Wildman–Crippen LogP) is 4.05. The van der Waals surface area contributed by atoms with Crippen LogP contribution >= 0.6 is 0 Å². The number of aliphatic carboxylic acids is 1. The lowest BCUT2D eigenvalue weighted by molar-refractivity contribution is -0.136. The summed E-state index contributed by atoms with van der Waals surface area (Å²) in [5.74, 6) is -1.91. The minimum Gasteiger partial charge on any atom is -0.493 e. The number of carbonyl (C=O) groups is 2. The molecule has 1 unspecified atom stereocenters. The van der Waals surface area contributed by atoms with Crippen LogP contribution in [0.1, 0.15) is 41.6 Å². The Morgan fingerprint density at radius 1 is 1.06 bits per heavy atom. The molecule has 0 radical (unpaired) electrons. The second-order valence-electron chi connectivity index (χ2n) is 7.26. The van der Waals surface area contributed by atoms with E-state index >= 15 is 0 Å². The minimum absolute atomic E-state index is 0.121. The minimum atomic E-state index is -1.51. The first-order valence-corrected chi connectivity index (χ1v) is 10.2. The van der Waals surface area contributed by atoms with Gasteiger partial charge < -0.3 is 19.7 Å². The van der Waals surface area contributed by atoms with Crippen molar-refractivity contribution in [3.8, 4) is 11.5 Å². The van der Waals surface area contributed by atoms with E-state index in [0.29, 0.717) is 28.9 Å². The molecule has 0 bridgehead atoms. The molecule has 0 saturated heterocycles. The van der Waals surface area contributed by atoms with E-state index in [4.69, 9.17) is 14.6 Å². The molecule has 0 spiro atoms. The van der Waals surface area contributed by atoms with Crippen molar-refractivity contribution in [3.05, 3.63) is 65.0 Å². The van der Waals surface area contributed by atoms with Gasteiger partial charge in [-0.25, -0.2) is 4.39 Å². The quantitative estimate of drug-likeness (QED) is 0.577. The van der Waals surface area contributed by atoms with Crippen molar-refractivity contribution in [1.82, 2.24) is 0 Å². The van der Waals surface area contributed by atoms with Gasteiger partial charge in [0.2, 0.25) is 0 Å². The van der Waals surface area contributed by atoms with Crippen LogP contribution in [0.5, 0.6) is 11.5 Å². The molecule has 32 heavy (non-hydrogen) atoms. The summed E-state index contributed by atoms with van der Waals surface area (Å²) in [6, 6.07) is 11.0. The maximum absolute atomic E-state index is 14.9. The highest BCUT2D eigenvalue weighted by Crippen LogP contribution is 2.50. The van der Waals surface area contributed by atoms with Gasteiger partial charge in [0.05, 0.1) is 36.4 Å². The number of carboxylic acids is 1. The highest BCUT2D eigenvalue weighted by atomic mass is 19.1. The number of nitrogens with zero attached hydrogens (tertiary/aromatic N) is 1. The molecule has 0 fully saturated rings. The molecule has 1 heterocycles. The average molecular weight is 439 g/mol. The smallest absolute Gasteiger partial charge is 0.307 e. The molecule has 1 amide bonds. The van der Waals surface area contributed by atoms with Gasteiger partial charge in [0, 0.05) is 10.8 Å². The van der Waals surface area contributed by atoms with Gasteiger partial charge in [0.15, 0.2) is 6.23 Å². The summed E-state index contributed by atoms with van der Waals surface area (Å²) >= 11 is 0. The standard InChI is InChI=1S/C24H22FNO6/c1-3-31-21-14-7-5-6-8-15(14)22(32-4-2)20-19(21)23(29)26(24(20)30)17-10-9-13(11-16(17)25)12-18(27)28/h5-11,23,29H,3-4,12H2,1-2H3,(H,27,28). The number of amides is 1. The number of hydrogen-bond acceptors (Lipinski definition) is 5. The number of rotatable bonds is 7. The van der Waals surface area contributed by atoms with E-state index in [1.165, 1.54) is 12.1 Å². The van der Waals surface area contributed by atoms with Crippen LogP contribution < -0.4 is 14.4 Å². The van der Waals surface area contributed by atoms with E-state index < -0.39 is 23.9 Å². The Bertz CT molecular complexity index is 1220. The maximum Gasteiger partial charge on any atom is 0.307 e. The molecule has 1 aliphatic heterocycles. The lowest BCUT2D eigenvalue weighted by atomic mass is 9.98. The largest absolute Gasteiger partial charge is 0.493 e. The Hall–Kier alpha value is -3.65. The number of carbonyl (C=O) groups excluding carboxylic acids is 1. The molecule has 166 valence electrons. The van der Waals surface area contributed by atoms with Crippen molar-refractivity contribution in [2.24, 2.45) is 0 Å². The highest BCUT2D eigenvalue weighted by Gasteiger charge is 2.44. The van der Waals surface area contributed by atoms with Crippen LogP contribution in [0.25, 0.3) is 10.8 Å². The molecular weight excluding hydrogens is 417 g/mol. The normalized spacial score (nSPS) is 15.2. The van der Waals surface area contributed by atoms with Gasteiger partial charge in [-0.1, -0.05) is 30.3 Å². The van der Waals surface area contributed by atoms with Gasteiger partial charge in [0.25, 0.3) is 5.91 Å². The van der Waals surface area contributed by atoms with Crippen LogP contribution in [0, 0.1) is 5.82 Å². The monoisotopic (exact) mass is 439 g/mol. The van der Waals surface area contributed by atoms with E-state index in [-0.39, 0.29) is 35.4 Å². The zero-order chi connectivity index (χ0) is 23.0. The number of hydrogen-bond donors (Lipinski definition) is 2. The number of aliphatic hydroxyl groups excluding tert-OH is 1. The first kappa shape index (κ1) is 21.6. The summed E-state index contributed by atoms with van der Waals surface area (Å²) in [6.07, 6.45) is -1.87. The molecule has 4 rings (SSSR count). The molecule has 8 heteroatoms. The van der Waals surface area contributed by atoms with Gasteiger partial charge in [0.1, 0.15) is 17.3 Å². The molecule has 0 saturated carbocycles. The van der Waals surface area contributed by atoms with E-state index in [0.717, 1.165) is 11.0 Å². The highest BCUT2D eigenvalue weighted by molar-refractivity contribution is 6.17. The lowest BCUT2D eigenvalue weighted by Crippen LogP contribution is -2.28. The third kappa shape index (κ3) is 3.42. The number of carboxylic acid groups (broad SMARTS) is 1. The molecule has 1 atom stereocenters. The molecule has 0 aliphatic carbocycles. The van der Waals surface area contributed by atoms with Crippen LogP contribution in [-0.4, -0.2) is 35.3 Å². The number of aliphatic hydroxyl groups is 1. The first-order valence-electron chi connectivity index (χ1n) is 10.2. The summed E-state index contributed by atoms with van der Waals surface area (Å²) in [5.41, 5.74) is 0.415. The van der Waals surface area contributed by atoms with Crippen LogP contribution in [-0.2, 0) is 11.2 Å². The van der Waals surface area contributed by atoms with Crippen molar-refractivity contribution in [2.45, 2.75) is 26.5 Å². The fourth-order valence-electron chi connectivity index (χ4n) is 4.08. The summed E-state index contributed by atoms with van der Waals surface area (Å²) in [5, 5.41) is 21.4. The van der Waals surface area contributed by atoms with E-state index in [2.05, 4.69) is 0 Å². The zero-order valence-corrected chi connectivity index (χ0v) is 17.6. The van der Waals surface area contributed by atoms with E-state index in [9.17, 15) is 19.1 Å². The van der Waals surface area contributed by atoms with Crippen molar-refractivity contribution >= 4 is 28.3 Å². The Labute approximate surface area is 183 Å². The molecule has 0 aromatic heterocycles. The third-order valence-electron chi connectivity index (χ3n) is 5.30. The topological polar surface area (TPSA) is 96.3 Å². The number of anilines is 1. The Kier molecular flexibility index (Phi) is 5.71. The summed E-state index contributed by atoms with van der Waals surface area (Å²) in [7, 11) is 0. The van der Waals surface area contributed by atoms with Crippen molar-refractivity contribution < 1.29 is 33.7 Å². The third-order valence-corrected chi connectivity index (χ3v) is 5.30. The van der Waals surface area contributed by atoms with E-state index in [1.54, 1.807) is 26.0 Å². The molecule has 3 aromatic carbocycles. The van der Waals surface area contributed by atoms with Crippen LogP contribution in [0.3, 0.4) is 0 Å². The number of ether oxygens (including phenoxy) is 2. The number of benzene rings is 3. The Morgan fingerprint density at radius 2 is 1.69 bits per heavy atom. The Morgan fingerprint density at radius 3 is 2.28 bits per heavy atom. The fourth-order valence-corrected chi connectivity index (χ4v) is 4.08. The number of halogens is 1. The van der Waals surface area contributed by atoms with Crippen LogP contribution in [0.15, 0.2) is 42.5 Å². The second kappa shape index (κ2) is 8.47.